The van der Waals surface area contributed by atoms with E-state index in [0.717, 1.165) is 18.4 Å². The van der Waals surface area contributed by atoms with Gasteiger partial charge in [-0.2, -0.15) is 0 Å². The lowest BCUT2D eigenvalue weighted by Gasteiger charge is -2.16. The number of rotatable bonds is 6. The quantitative estimate of drug-likeness (QED) is 0.622. The Morgan fingerprint density at radius 1 is 1.45 bits per heavy atom. The molecule has 2 atom stereocenters. The largest absolute Gasteiger partial charge is 0.353 e. The predicted molar refractivity (Wildman–Crippen MR) is 79.9 cm³/mol. The SMILES string of the molecule is CCC(C)CC(C)Nc1nc2ccc([N+](=O)[O-])cc2[nH]1. The van der Waals surface area contributed by atoms with Gasteiger partial charge in [-0.05, 0) is 25.3 Å². The van der Waals surface area contributed by atoms with E-state index in [2.05, 4.69) is 36.1 Å². The van der Waals surface area contributed by atoms with Crippen LogP contribution in [0.25, 0.3) is 11.0 Å². The average molecular weight is 276 g/mol. The summed E-state index contributed by atoms with van der Waals surface area (Å²) in [5, 5.41) is 14.0. The zero-order chi connectivity index (χ0) is 14.7. The van der Waals surface area contributed by atoms with E-state index in [1.54, 1.807) is 6.07 Å². The highest BCUT2D eigenvalue weighted by Gasteiger charge is 2.12. The number of imidazole rings is 1. The molecule has 2 unspecified atom stereocenters. The van der Waals surface area contributed by atoms with Crippen LogP contribution < -0.4 is 5.32 Å². The smallest absolute Gasteiger partial charge is 0.271 e. The Balaban J connectivity index is 2.13. The first-order valence-electron chi connectivity index (χ1n) is 6.90. The number of nitro benzene ring substituents is 1. The van der Waals surface area contributed by atoms with Crippen LogP contribution in [0, 0.1) is 16.0 Å². The molecule has 2 aromatic rings. The predicted octanol–water partition coefficient (Wildman–Crippen LogP) is 3.71. The third kappa shape index (κ3) is 3.26. The molecular weight excluding hydrogens is 256 g/mol. The second kappa shape index (κ2) is 5.90. The molecule has 0 spiro atoms. The molecule has 2 rings (SSSR count). The van der Waals surface area contributed by atoms with E-state index >= 15 is 0 Å². The minimum absolute atomic E-state index is 0.0698. The molecule has 0 radical (unpaired) electrons. The van der Waals surface area contributed by atoms with E-state index in [1.807, 2.05) is 0 Å². The second-order valence-electron chi connectivity index (χ2n) is 5.34. The fourth-order valence-corrected chi connectivity index (χ4v) is 2.24. The van der Waals surface area contributed by atoms with Crippen LogP contribution in [0.2, 0.25) is 0 Å². The Kier molecular flexibility index (Phi) is 4.22. The van der Waals surface area contributed by atoms with Crippen molar-refractivity contribution in [2.24, 2.45) is 5.92 Å². The number of nitrogens with one attached hydrogen (secondary N) is 2. The van der Waals surface area contributed by atoms with Crippen LogP contribution in [0.3, 0.4) is 0 Å². The number of nitrogens with zero attached hydrogens (tertiary/aromatic N) is 2. The van der Waals surface area contributed by atoms with Crippen LogP contribution in [0.1, 0.15) is 33.6 Å². The van der Waals surface area contributed by atoms with Crippen molar-refractivity contribution in [3.63, 3.8) is 0 Å². The number of non-ortho nitro benzene ring substituents is 1. The molecule has 0 bridgehead atoms. The number of fused-ring (bicyclic) bond motifs is 1. The second-order valence-corrected chi connectivity index (χ2v) is 5.34. The van der Waals surface area contributed by atoms with Crippen molar-refractivity contribution in [2.45, 2.75) is 39.7 Å². The molecule has 0 aliphatic carbocycles. The topological polar surface area (TPSA) is 83.8 Å². The summed E-state index contributed by atoms with van der Waals surface area (Å²) in [6.45, 7) is 6.51. The summed E-state index contributed by atoms with van der Waals surface area (Å²) in [4.78, 5) is 17.8. The zero-order valence-electron chi connectivity index (χ0n) is 12.0. The van der Waals surface area contributed by atoms with E-state index in [4.69, 9.17) is 0 Å². The highest BCUT2D eigenvalue weighted by atomic mass is 16.6. The Morgan fingerprint density at radius 3 is 2.85 bits per heavy atom. The molecule has 20 heavy (non-hydrogen) atoms. The minimum atomic E-state index is -0.404. The summed E-state index contributed by atoms with van der Waals surface area (Å²) in [7, 11) is 0. The van der Waals surface area contributed by atoms with Gasteiger partial charge in [0.05, 0.1) is 16.0 Å². The Morgan fingerprint density at radius 2 is 2.20 bits per heavy atom. The van der Waals surface area contributed by atoms with Gasteiger partial charge in [0.15, 0.2) is 0 Å². The average Bonchev–Trinajstić information content (AvgIpc) is 2.78. The lowest BCUT2D eigenvalue weighted by molar-refractivity contribution is -0.384. The standard InChI is InChI=1S/C14H20N4O2/c1-4-9(2)7-10(3)15-14-16-12-6-5-11(18(19)20)8-13(12)17-14/h5-6,8-10H,4,7H2,1-3H3,(H2,15,16,17). The van der Waals surface area contributed by atoms with Crippen LogP contribution in [0.4, 0.5) is 11.6 Å². The van der Waals surface area contributed by atoms with E-state index in [9.17, 15) is 10.1 Å². The zero-order valence-corrected chi connectivity index (χ0v) is 12.0. The number of benzene rings is 1. The molecule has 2 N–H and O–H groups in total. The number of hydrogen-bond donors (Lipinski definition) is 2. The Bertz CT molecular complexity index is 608. The Hall–Kier alpha value is -2.11. The van der Waals surface area contributed by atoms with Crippen molar-refractivity contribution in [1.82, 2.24) is 9.97 Å². The monoisotopic (exact) mass is 276 g/mol. The molecule has 0 aliphatic rings. The van der Waals surface area contributed by atoms with E-state index in [1.165, 1.54) is 12.1 Å². The molecule has 0 fully saturated rings. The first-order valence-corrected chi connectivity index (χ1v) is 6.90. The molecule has 6 nitrogen and oxygen atoms in total. The van der Waals surface area contributed by atoms with Gasteiger partial charge in [-0.15, -0.1) is 0 Å². The van der Waals surface area contributed by atoms with Gasteiger partial charge < -0.3 is 10.3 Å². The molecule has 1 heterocycles. The van der Waals surface area contributed by atoms with Crippen LogP contribution in [-0.4, -0.2) is 20.9 Å². The number of aromatic amines is 1. The molecule has 1 aromatic carbocycles. The lowest BCUT2D eigenvalue weighted by atomic mass is 10.0. The van der Waals surface area contributed by atoms with Gasteiger partial charge in [-0.1, -0.05) is 20.3 Å². The summed E-state index contributed by atoms with van der Waals surface area (Å²) in [5.41, 5.74) is 1.48. The van der Waals surface area contributed by atoms with Crippen molar-refractivity contribution >= 4 is 22.7 Å². The first kappa shape index (κ1) is 14.3. The van der Waals surface area contributed by atoms with Crippen LogP contribution in [0.15, 0.2) is 18.2 Å². The highest BCUT2D eigenvalue weighted by molar-refractivity contribution is 5.79. The summed E-state index contributed by atoms with van der Waals surface area (Å²) in [6, 6.07) is 4.94. The molecule has 6 heteroatoms. The molecule has 0 saturated carbocycles. The van der Waals surface area contributed by atoms with E-state index in [-0.39, 0.29) is 5.69 Å². The number of hydrogen-bond acceptors (Lipinski definition) is 4. The third-order valence-corrected chi connectivity index (χ3v) is 3.51. The fourth-order valence-electron chi connectivity index (χ4n) is 2.24. The Labute approximate surface area is 117 Å². The summed E-state index contributed by atoms with van der Waals surface area (Å²) >= 11 is 0. The summed E-state index contributed by atoms with van der Waals surface area (Å²) < 4.78 is 0. The molecular formula is C14H20N4O2. The fraction of sp³-hybridized carbons (Fsp3) is 0.500. The van der Waals surface area contributed by atoms with Gasteiger partial charge >= 0.3 is 0 Å². The summed E-state index contributed by atoms with van der Waals surface area (Å²) in [6.07, 6.45) is 2.21. The molecule has 0 amide bonds. The van der Waals surface area contributed by atoms with Crippen molar-refractivity contribution in [3.05, 3.63) is 28.3 Å². The van der Waals surface area contributed by atoms with Gasteiger partial charge in [-0.3, -0.25) is 10.1 Å². The van der Waals surface area contributed by atoms with Crippen LogP contribution in [-0.2, 0) is 0 Å². The van der Waals surface area contributed by atoms with Crippen molar-refractivity contribution < 1.29 is 4.92 Å². The summed E-state index contributed by atoms with van der Waals surface area (Å²) in [5.74, 6) is 1.32. The van der Waals surface area contributed by atoms with E-state index < -0.39 is 4.92 Å². The van der Waals surface area contributed by atoms with E-state index in [0.29, 0.717) is 23.4 Å². The molecule has 0 saturated heterocycles. The van der Waals surface area contributed by atoms with Gasteiger partial charge in [0.1, 0.15) is 0 Å². The minimum Gasteiger partial charge on any atom is -0.353 e. The van der Waals surface area contributed by atoms with Crippen molar-refractivity contribution in [2.75, 3.05) is 5.32 Å². The van der Waals surface area contributed by atoms with Crippen molar-refractivity contribution in [3.8, 4) is 0 Å². The maximum absolute atomic E-state index is 10.7. The van der Waals surface area contributed by atoms with Crippen LogP contribution in [0.5, 0.6) is 0 Å². The molecule has 0 aliphatic heterocycles. The van der Waals surface area contributed by atoms with Gasteiger partial charge in [-0.25, -0.2) is 4.98 Å². The normalized spacial score (nSPS) is 14.2. The number of H-pyrrole nitrogens is 1. The third-order valence-electron chi connectivity index (χ3n) is 3.51. The molecule has 108 valence electrons. The number of anilines is 1. The van der Waals surface area contributed by atoms with Gasteiger partial charge in [0.25, 0.3) is 5.69 Å². The molecule has 1 aromatic heterocycles. The maximum atomic E-state index is 10.7. The first-order chi connectivity index (χ1) is 9.49. The van der Waals surface area contributed by atoms with Crippen molar-refractivity contribution in [1.29, 1.82) is 0 Å². The van der Waals surface area contributed by atoms with Gasteiger partial charge in [0.2, 0.25) is 5.95 Å². The van der Waals surface area contributed by atoms with Crippen LogP contribution >= 0.6 is 0 Å². The number of aromatic nitrogens is 2. The van der Waals surface area contributed by atoms with Gasteiger partial charge in [0, 0.05) is 18.2 Å². The maximum Gasteiger partial charge on any atom is 0.271 e. The highest BCUT2D eigenvalue weighted by Crippen LogP contribution is 2.21. The number of nitro groups is 1. The lowest BCUT2D eigenvalue weighted by Crippen LogP contribution is -2.18.